The van der Waals surface area contributed by atoms with Crippen molar-refractivity contribution in [3.05, 3.63) is 29.8 Å². The summed E-state index contributed by atoms with van der Waals surface area (Å²) in [7, 11) is 0. The number of rotatable bonds is 6. The third-order valence-corrected chi connectivity index (χ3v) is 3.12. The molecule has 0 saturated heterocycles. The first-order chi connectivity index (χ1) is 8.87. The molecule has 0 fully saturated rings. The van der Waals surface area contributed by atoms with E-state index in [2.05, 4.69) is 10.6 Å². The molecule has 0 heterocycles. The van der Waals surface area contributed by atoms with Gasteiger partial charge in [-0.2, -0.15) is 0 Å². The zero-order valence-corrected chi connectivity index (χ0v) is 11.5. The second kappa shape index (κ2) is 6.33. The summed E-state index contributed by atoms with van der Waals surface area (Å²) in [6, 6.07) is 7.44. The lowest BCUT2D eigenvalue weighted by Crippen LogP contribution is -2.51. The van der Waals surface area contributed by atoms with Crippen molar-refractivity contribution in [2.24, 2.45) is 0 Å². The summed E-state index contributed by atoms with van der Waals surface area (Å²) in [6.07, 6.45) is 0.403. The van der Waals surface area contributed by atoms with Gasteiger partial charge in [0.15, 0.2) is 0 Å². The van der Waals surface area contributed by atoms with E-state index in [9.17, 15) is 9.59 Å². The maximum absolute atomic E-state index is 11.7. The van der Waals surface area contributed by atoms with Crippen LogP contribution in [0.4, 0.5) is 5.69 Å². The van der Waals surface area contributed by atoms with Crippen molar-refractivity contribution in [3.8, 4) is 0 Å². The third kappa shape index (κ3) is 4.37. The van der Waals surface area contributed by atoms with Crippen LogP contribution in [0.2, 0.25) is 0 Å². The number of carbonyl (C=O) groups is 2. The van der Waals surface area contributed by atoms with Crippen molar-refractivity contribution in [2.75, 3.05) is 11.9 Å². The van der Waals surface area contributed by atoms with Crippen LogP contribution < -0.4 is 10.6 Å². The Balaban J connectivity index is 2.55. The number of aryl methyl sites for hydroxylation is 1. The summed E-state index contributed by atoms with van der Waals surface area (Å²) in [5.41, 5.74) is 0.680. The van der Waals surface area contributed by atoms with Crippen LogP contribution in [-0.2, 0) is 9.59 Å². The fourth-order valence-corrected chi connectivity index (χ4v) is 1.56. The number of carboxylic acid groups (broad SMARTS) is 1. The number of benzene rings is 1. The highest BCUT2D eigenvalue weighted by Crippen LogP contribution is 2.10. The molecule has 104 valence electrons. The van der Waals surface area contributed by atoms with Gasteiger partial charge in [0.05, 0.1) is 6.54 Å². The second-order valence-electron chi connectivity index (χ2n) is 4.76. The van der Waals surface area contributed by atoms with Crippen LogP contribution in [0.5, 0.6) is 0 Å². The molecule has 0 saturated carbocycles. The van der Waals surface area contributed by atoms with E-state index >= 15 is 0 Å². The molecule has 0 aliphatic rings. The minimum atomic E-state index is -1.08. The lowest BCUT2D eigenvalue weighted by Gasteiger charge is -2.24. The number of nitrogens with one attached hydrogen (secondary N) is 2. The summed E-state index contributed by atoms with van der Waals surface area (Å²) < 4.78 is 0. The molecule has 0 aromatic heterocycles. The predicted octanol–water partition coefficient (Wildman–Crippen LogP) is 1.78. The smallest absolute Gasteiger partial charge is 0.323 e. The largest absolute Gasteiger partial charge is 0.480 e. The first-order valence-corrected chi connectivity index (χ1v) is 6.22. The molecule has 0 bridgehead atoms. The van der Waals surface area contributed by atoms with Gasteiger partial charge in [-0.1, -0.05) is 19.1 Å². The van der Waals surface area contributed by atoms with E-state index in [1.807, 2.05) is 25.1 Å². The van der Waals surface area contributed by atoms with Crippen molar-refractivity contribution in [2.45, 2.75) is 32.7 Å². The van der Waals surface area contributed by atoms with E-state index < -0.39 is 11.5 Å². The SMILES string of the molecule is CCC(C)(NCC(=O)Nc1cccc(C)c1)C(=O)O. The van der Waals surface area contributed by atoms with E-state index in [-0.39, 0.29) is 12.5 Å². The van der Waals surface area contributed by atoms with E-state index in [1.54, 1.807) is 19.9 Å². The van der Waals surface area contributed by atoms with E-state index in [4.69, 9.17) is 5.11 Å². The highest BCUT2D eigenvalue weighted by Gasteiger charge is 2.30. The molecule has 1 aromatic carbocycles. The van der Waals surface area contributed by atoms with Crippen molar-refractivity contribution < 1.29 is 14.7 Å². The molecule has 1 aromatic rings. The molecule has 19 heavy (non-hydrogen) atoms. The molecule has 3 N–H and O–H groups in total. The highest BCUT2D eigenvalue weighted by molar-refractivity contribution is 5.92. The quantitative estimate of drug-likeness (QED) is 0.731. The van der Waals surface area contributed by atoms with Crippen LogP contribution in [-0.4, -0.2) is 29.1 Å². The van der Waals surface area contributed by atoms with E-state index in [0.29, 0.717) is 12.1 Å². The highest BCUT2D eigenvalue weighted by atomic mass is 16.4. The molecule has 1 unspecified atom stereocenters. The van der Waals surface area contributed by atoms with Crippen LogP contribution in [0.15, 0.2) is 24.3 Å². The van der Waals surface area contributed by atoms with Gasteiger partial charge in [0.25, 0.3) is 0 Å². The number of hydrogen-bond acceptors (Lipinski definition) is 3. The molecule has 1 rings (SSSR count). The fraction of sp³-hybridized carbons (Fsp3) is 0.429. The summed E-state index contributed by atoms with van der Waals surface area (Å²) in [4.78, 5) is 22.8. The Bertz CT molecular complexity index is 474. The Kier molecular flexibility index (Phi) is 5.06. The standard InChI is InChI=1S/C14H20N2O3/c1-4-14(3,13(18)19)15-9-12(17)16-11-7-5-6-10(2)8-11/h5-8,15H,4,9H2,1-3H3,(H,16,17)(H,18,19). The fourth-order valence-electron chi connectivity index (χ4n) is 1.56. The summed E-state index contributed by atoms with van der Waals surface area (Å²) >= 11 is 0. The van der Waals surface area contributed by atoms with Crippen molar-refractivity contribution in [1.29, 1.82) is 0 Å². The number of anilines is 1. The van der Waals surface area contributed by atoms with Gasteiger partial charge in [0.1, 0.15) is 5.54 Å². The summed E-state index contributed by atoms with van der Waals surface area (Å²) in [5, 5.41) is 14.6. The number of amides is 1. The molecule has 1 atom stereocenters. The lowest BCUT2D eigenvalue weighted by molar-refractivity contribution is -0.144. The topological polar surface area (TPSA) is 78.4 Å². The van der Waals surface area contributed by atoms with Gasteiger partial charge in [0.2, 0.25) is 5.91 Å². The van der Waals surface area contributed by atoms with Gasteiger partial charge in [-0.25, -0.2) is 0 Å². The zero-order chi connectivity index (χ0) is 14.5. The average Bonchev–Trinajstić information content (AvgIpc) is 2.35. The number of carboxylic acids is 1. The molecule has 0 aliphatic heterocycles. The Hall–Kier alpha value is -1.88. The van der Waals surface area contributed by atoms with Gasteiger partial charge < -0.3 is 10.4 Å². The van der Waals surface area contributed by atoms with Crippen LogP contribution in [0.25, 0.3) is 0 Å². The van der Waals surface area contributed by atoms with Crippen molar-refractivity contribution in [3.63, 3.8) is 0 Å². The maximum atomic E-state index is 11.7. The van der Waals surface area contributed by atoms with Crippen LogP contribution in [0.1, 0.15) is 25.8 Å². The summed E-state index contributed by atoms with van der Waals surface area (Å²) in [6.45, 7) is 5.23. The number of carbonyl (C=O) groups excluding carboxylic acids is 1. The van der Waals surface area contributed by atoms with E-state index in [0.717, 1.165) is 5.56 Å². The minimum Gasteiger partial charge on any atom is -0.480 e. The van der Waals surface area contributed by atoms with Crippen LogP contribution in [0.3, 0.4) is 0 Å². The average molecular weight is 264 g/mol. The Morgan fingerprint density at radius 2 is 2.05 bits per heavy atom. The van der Waals surface area contributed by atoms with Gasteiger partial charge in [-0.15, -0.1) is 0 Å². The van der Waals surface area contributed by atoms with E-state index in [1.165, 1.54) is 0 Å². The first kappa shape index (κ1) is 15.2. The molecule has 0 spiro atoms. The Morgan fingerprint density at radius 3 is 2.58 bits per heavy atom. The lowest BCUT2D eigenvalue weighted by atomic mass is 9.99. The van der Waals surface area contributed by atoms with Crippen molar-refractivity contribution >= 4 is 17.6 Å². The molecular weight excluding hydrogens is 244 g/mol. The maximum Gasteiger partial charge on any atom is 0.323 e. The normalized spacial score (nSPS) is 13.6. The van der Waals surface area contributed by atoms with Crippen LogP contribution >= 0.6 is 0 Å². The van der Waals surface area contributed by atoms with Gasteiger partial charge in [-0.3, -0.25) is 14.9 Å². The Labute approximate surface area is 113 Å². The number of hydrogen-bond donors (Lipinski definition) is 3. The van der Waals surface area contributed by atoms with Gasteiger partial charge in [-0.05, 0) is 38.0 Å². The number of aliphatic carboxylic acids is 1. The molecule has 0 aliphatic carbocycles. The zero-order valence-electron chi connectivity index (χ0n) is 11.5. The third-order valence-electron chi connectivity index (χ3n) is 3.12. The molecule has 0 radical (unpaired) electrons. The van der Waals surface area contributed by atoms with Crippen molar-refractivity contribution in [1.82, 2.24) is 5.32 Å². The molecule has 1 amide bonds. The molecule has 5 heteroatoms. The van der Waals surface area contributed by atoms with Gasteiger partial charge in [0, 0.05) is 5.69 Å². The molecule has 5 nitrogen and oxygen atoms in total. The monoisotopic (exact) mass is 264 g/mol. The Morgan fingerprint density at radius 1 is 1.37 bits per heavy atom. The minimum absolute atomic E-state index is 0.0371. The summed E-state index contributed by atoms with van der Waals surface area (Å²) in [5.74, 6) is -1.22. The van der Waals surface area contributed by atoms with Crippen LogP contribution in [0, 0.1) is 6.92 Å². The second-order valence-corrected chi connectivity index (χ2v) is 4.76. The molecular formula is C14H20N2O3. The predicted molar refractivity (Wildman–Crippen MR) is 74.1 cm³/mol. The first-order valence-electron chi connectivity index (χ1n) is 6.22. The van der Waals surface area contributed by atoms with Gasteiger partial charge >= 0.3 is 5.97 Å².